The van der Waals surface area contributed by atoms with Crippen LogP contribution in [0.4, 0.5) is 4.39 Å². The molecule has 14 heavy (non-hydrogen) atoms. The van der Waals surface area contributed by atoms with E-state index in [4.69, 9.17) is 33.9 Å². The molecule has 0 spiro atoms. The lowest BCUT2D eigenvalue weighted by Crippen LogP contribution is -1.97. The molecule has 0 saturated carbocycles. The highest BCUT2D eigenvalue weighted by Gasteiger charge is 2.13. The van der Waals surface area contributed by atoms with Gasteiger partial charge in [-0.25, -0.2) is 12.8 Å². The molecule has 0 aliphatic heterocycles. The molecule has 0 N–H and O–H groups in total. The van der Waals surface area contributed by atoms with Crippen LogP contribution in [0.1, 0.15) is 5.56 Å². The van der Waals surface area contributed by atoms with Crippen LogP contribution in [-0.2, 0) is 14.8 Å². The lowest BCUT2D eigenvalue weighted by molar-refractivity contribution is 0.608. The van der Waals surface area contributed by atoms with Gasteiger partial charge in [0.05, 0.1) is 10.8 Å². The van der Waals surface area contributed by atoms with Crippen LogP contribution in [0.25, 0.3) is 0 Å². The molecule has 0 heterocycles. The van der Waals surface area contributed by atoms with Crippen molar-refractivity contribution >= 4 is 42.9 Å². The SMILES string of the molecule is O=S(=O)(Cl)Cc1cc(F)c(Cl)cc1Cl. The molecule has 0 amide bonds. The van der Waals surface area contributed by atoms with Crippen LogP contribution in [0.5, 0.6) is 0 Å². The van der Waals surface area contributed by atoms with Crippen LogP contribution < -0.4 is 0 Å². The van der Waals surface area contributed by atoms with Crippen molar-refractivity contribution in [2.24, 2.45) is 0 Å². The van der Waals surface area contributed by atoms with Crippen molar-refractivity contribution in [2.75, 3.05) is 0 Å². The van der Waals surface area contributed by atoms with E-state index in [9.17, 15) is 12.8 Å². The first-order chi connectivity index (χ1) is 6.29. The molecule has 0 aliphatic carbocycles. The summed E-state index contributed by atoms with van der Waals surface area (Å²) in [5.74, 6) is -1.26. The van der Waals surface area contributed by atoms with Gasteiger partial charge in [0.15, 0.2) is 0 Å². The van der Waals surface area contributed by atoms with Crippen LogP contribution in [0, 0.1) is 5.82 Å². The van der Waals surface area contributed by atoms with Crippen LogP contribution in [-0.4, -0.2) is 8.42 Å². The number of hydrogen-bond acceptors (Lipinski definition) is 2. The first-order valence-corrected chi connectivity index (χ1v) is 6.59. The Hall–Kier alpha value is -0.0300. The normalized spacial score (nSPS) is 11.7. The van der Waals surface area contributed by atoms with E-state index in [2.05, 4.69) is 0 Å². The van der Waals surface area contributed by atoms with Gasteiger partial charge in [0, 0.05) is 15.7 Å². The monoisotopic (exact) mass is 276 g/mol. The van der Waals surface area contributed by atoms with Gasteiger partial charge in [0.2, 0.25) is 9.05 Å². The Morgan fingerprint density at radius 1 is 1.21 bits per heavy atom. The molecule has 0 aromatic heterocycles. The van der Waals surface area contributed by atoms with Gasteiger partial charge in [-0.15, -0.1) is 0 Å². The average molecular weight is 278 g/mol. The van der Waals surface area contributed by atoms with Crippen LogP contribution in [0.3, 0.4) is 0 Å². The minimum atomic E-state index is -3.75. The second-order valence-electron chi connectivity index (χ2n) is 2.54. The van der Waals surface area contributed by atoms with Crippen molar-refractivity contribution in [1.29, 1.82) is 0 Å². The van der Waals surface area contributed by atoms with E-state index in [0.717, 1.165) is 12.1 Å². The lowest BCUT2D eigenvalue weighted by atomic mass is 10.2. The first-order valence-electron chi connectivity index (χ1n) is 3.35. The smallest absolute Gasteiger partial charge is 0.212 e. The fraction of sp³-hybridized carbons (Fsp3) is 0.143. The molecular weight excluding hydrogens is 273 g/mol. The highest BCUT2D eigenvalue weighted by atomic mass is 35.7. The van der Waals surface area contributed by atoms with Gasteiger partial charge in [0.1, 0.15) is 5.82 Å². The zero-order valence-corrected chi connectivity index (χ0v) is 9.68. The zero-order chi connectivity index (χ0) is 10.9. The van der Waals surface area contributed by atoms with Gasteiger partial charge < -0.3 is 0 Å². The maximum Gasteiger partial charge on any atom is 0.236 e. The van der Waals surface area contributed by atoms with Gasteiger partial charge in [-0.05, 0) is 17.7 Å². The van der Waals surface area contributed by atoms with E-state index in [0.29, 0.717) is 0 Å². The minimum Gasteiger partial charge on any atom is -0.212 e. The minimum absolute atomic E-state index is 0.0700. The molecule has 1 aromatic carbocycles. The van der Waals surface area contributed by atoms with Crippen molar-refractivity contribution in [3.05, 3.63) is 33.6 Å². The van der Waals surface area contributed by atoms with Crippen LogP contribution in [0.15, 0.2) is 12.1 Å². The Morgan fingerprint density at radius 2 is 1.79 bits per heavy atom. The molecule has 1 aromatic rings. The van der Waals surface area contributed by atoms with E-state index >= 15 is 0 Å². The van der Waals surface area contributed by atoms with E-state index in [1.54, 1.807) is 0 Å². The first kappa shape index (κ1) is 12.0. The molecule has 0 atom stereocenters. The molecule has 0 aliphatic rings. The standard InChI is InChI=1S/C7H4Cl3FO2S/c8-5-2-6(9)7(11)1-4(5)3-14(10,12)13/h1-2H,3H2. The number of benzene rings is 1. The van der Waals surface area contributed by atoms with E-state index in [1.807, 2.05) is 0 Å². The second-order valence-corrected chi connectivity index (χ2v) is 6.13. The predicted octanol–water partition coefficient (Wildman–Crippen LogP) is 3.20. The lowest BCUT2D eigenvalue weighted by Gasteiger charge is -2.03. The predicted molar refractivity (Wildman–Crippen MR) is 54.9 cm³/mol. The summed E-state index contributed by atoms with van der Waals surface area (Å²) >= 11 is 11.0. The zero-order valence-electron chi connectivity index (χ0n) is 6.60. The summed E-state index contributed by atoms with van der Waals surface area (Å²) in [4.78, 5) is 0. The highest BCUT2D eigenvalue weighted by Crippen LogP contribution is 2.26. The molecule has 0 radical (unpaired) electrons. The summed E-state index contributed by atoms with van der Waals surface area (Å²) in [7, 11) is 1.24. The van der Waals surface area contributed by atoms with Crippen LogP contribution >= 0.6 is 33.9 Å². The van der Waals surface area contributed by atoms with Crippen molar-refractivity contribution in [1.82, 2.24) is 0 Å². The summed E-state index contributed by atoms with van der Waals surface area (Å²) in [6.45, 7) is 0. The molecule has 0 bridgehead atoms. The van der Waals surface area contributed by atoms with Gasteiger partial charge in [-0.2, -0.15) is 0 Å². The Balaban J connectivity index is 3.17. The highest BCUT2D eigenvalue weighted by molar-refractivity contribution is 8.13. The third kappa shape index (κ3) is 3.28. The van der Waals surface area contributed by atoms with E-state index < -0.39 is 20.6 Å². The molecule has 0 fully saturated rings. The second kappa shape index (κ2) is 4.23. The van der Waals surface area contributed by atoms with Gasteiger partial charge in [-0.3, -0.25) is 0 Å². The van der Waals surface area contributed by atoms with Crippen molar-refractivity contribution in [2.45, 2.75) is 5.75 Å². The quantitative estimate of drug-likeness (QED) is 0.614. The Kier molecular flexibility index (Phi) is 3.63. The molecule has 1 rings (SSSR count). The average Bonchev–Trinajstić information content (AvgIpc) is 1.97. The summed E-state index contributed by atoms with van der Waals surface area (Å²) in [5.41, 5.74) is 0.0866. The molecule has 0 saturated heterocycles. The van der Waals surface area contributed by atoms with Crippen molar-refractivity contribution in [3.8, 4) is 0 Å². The third-order valence-electron chi connectivity index (χ3n) is 1.42. The summed E-state index contributed by atoms with van der Waals surface area (Å²) in [6.07, 6.45) is 0. The largest absolute Gasteiger partial charge is 0.236 e. The molecular formula is C7H4Cl3FO2S. The maximum atomic E-state index is 12.9. The number of rotatable bonds is 2. The van der Waals surface area contributed by atoms with Crippen molar-refractivity contribution in [3.63, 3.8) is 0 Å². The topological polar surface area (TPSA) is 34.1 Å². The fourth-order valence-electron chi connectivity index (χ4n) is 0.860. The van der Waals surface area contributed by atoms with Crippen molar-refractivity contribution < 1.29 is 12.8 Å². The van der Waals surface area contributed by atoms with Gasteiger partial charge in [-0.1, -0.05) is 23.2 Å². The summed E-state index contributed by atoms with van der Waals surface area (Å²) < 4.78 is 34.3. The molecule has 7 heteroatoms. The summed E-state index contributed by atoms with van der Waals surface area (Å²) in [6, 6.07) is 2.08. The molecule has 78 valence electrons. The third-order valence-corrected chi connectivity index (χ3v) is 3.04. The fourth-order valence-corrected chi connectivity index (χ4v) is 2.35. The van der Waals surface area contributed by atoms with Crippen LogP contribution in [0.2, 0.25) is 10.0 Å². The van der Waals surface area contributed by atoms with E-state index in [1.165, 1.54) is 0 Å². The molecule has 2 nitrogen and oxygen atoms in total. The number of hydrogen-bond donors (Lipinski definition) is 0. The Morgan fingerprint density at radius 3 is 2.29 bits per heavy atom. The summed E-state index contributed by atoms with van der Waals surface area (Å²) in [5, 5.41) is -0.0913. The van der Waals surface area contributed by atoms with Gasteiger partial charge in [0.25, 0.3) is 0 Å². The number of halogens is 4. The Labute approximate surface area is 95.0 Å². The van der Waals surface area contributed by atoms with E-state index in [-0.39, 0.29) is 15.6 Å². The Bertz CT molecular complexity index is 458. The maximum absolute atomic E-state index is 12.9. The molecule has 0 unspecified atom stereocenters. The van der Waals surface area contributed by atoms with Gasteiger partial charge >= 0.3 is 0 Å².